The van der Waals surface area contributed by atoms with Gasteiger partial charge in [-0.25, -0.2) is 9.97 Å². The van der Waals surface area contributed by atoms with E-state index in [0.29, 0.717) is 11.2 Å². The SMILES string of the molecule is Cc1cccc(-n2cnc3nc[nH]c(=O)c32)c1. The fourth-order valence-electron chi connectivity index (χ4n) is 1.84. The van der Waals surface area contributed by atoms with Gasteiger partial charge in [0.1, 0.15) is 6.33 Å². The van der Waals surface area contributed by atoms with Gasteiger partial charge in [0, 0.05) is 5.69 Å². The second kappa shape index (κ2) is 3.55. The number of benzene rings is 1. The van der Waals surface area contributed by atoms with Crippen molar-refractivity contribution in [2.24, 2.45) is 0 Å². The Kier molecular flexibility index (Phi) is 2.04. The molecule has 0 amide bonds. The Hall–Kier alpha value is -2.43. The number of fused-ring (bicyclic) bond motifs is 1. The van der Waals surface area contributed by atoms with E-state index in [2.05, 4.69) is 15.0 Å². The zero-order valence-electron chi connectivity index (χ0n) is 9.21. The Morgan fingerprint density at radius 2 is 2.18 bits per heavy atom. The van der Waals surface area contributed by atoms with Gasteiger partial charge in [-0.2, -0.15) is 0 Å². The first-order chi connectivity index (χ1) is 8.25. The molecule has 0 fully saturated rings. The van der Waals surface area contributed by atoms with E-state index in [1.165, 1.54) is 6.33 Å². The molecule has 1 aromatic carbocycles. The van der Waals surface area contributed by atoms with Crippen molar-refractivity contribution in [1.82, 2.24) is 19.5 Å². The first-order valence-corrected chi connectivity index (χ1v) is 5.23. The van der Waals surface area contributed by atoms with Crippen molar-refractivity contribution in [3.8, 4) is 5.69 Å². The molecule has 2 heterocycles. The average Bonchev–Trinajstić information content (AvgIpc) is 2.74. The zero-order chi connectivity index (χ0) is 11.8. The summed E-state index contributed by atoms with van der Waals surface area (Å²) in [4.78, 5) is 22.5. The van der Waals surface area contributed by atoms with Crippen molar-refractivity contribution < 1.29 is 0 Å². The van der Waals surface area contributed by atoms with Gasteiger partial charge in [0.05, 0.1) is 6.33 Å². The number of hydrogen-bond donors (Lipinski definition) is 1. The highest BCUT2D eigenvalue weighted by Gasteiger charge is 2.08. The highest BCUT2D eigenvalue weighted by Crippen LogP contribution is 2.14. The summed E-state index contributed by atoms with van der Waals surface area (Å²) in [5.41, 5.74) is 2.78. The minimum Gasteiger partial charge on any atom is -0.311 e. The highest BCUT2D eigenvalue weighted by atomic mass is 16.1. The summed E-state index contributed by atoms with van der Waals surface area (Å²) in [5.74, 6) is 0. The van der Waals surface area contributed by atoms with Crippen LogP contribution in [0.1, 0.15) is 5.56 Å². The molecule has 0 aliphatic carbocycles. The summed E-state index contributed by atoms with van der Waals surface area (Å²) in [6, 6.07) is 7.88. The van der Waals surface area contributed by atoms with E-state index in [0.717, 1.165) is 11.3 Å². The molecule has 0 bridgehead atoms. The Morgan fingerprint density at radius 1 is 1.29 bits per heavy atom. The van der Waals surface area contributed by atoms with E-state index in [1.807, 2.05) is 31.2 Å². The van der Waals surface area contributed by atoms with Gasteiger partial charge >= 0.3 is 0 Å². The van der Waals surface area contributed by atoms with Crippen LogP contribution >= 0.6 is 0 Å². The second-order valence-electron chi connectivity index (χ2n) is 3.86. The van der Waals surface area contributed by atoms with Crippen molar-refractivity contribution in [3.63, 3.8) is 0 Å². The van der Waals surface area contributed by atoms with Gasteiger partial charge in [-0.3, -0.25) is 9.36 Å². The molecule has 84 valence electrons. The Bertz CT molecular complexity index is 741. The van der Waals surface area contributed by atoms with E-state index in [1.54, 1.807) is 10.9 Å². The summed E-state index contributed by atoms with van der Waals surface area (Å²) in [6.07, 6.45) is 2.97. The first kappa shape index (κ1) is 9.77. The normalized spacial score (nSPS) is 10.9. The van der Waals surface area contributed by atoms with E-state index in [9.17, 15) is 4.79 Å². The Balaban J connectivity index is 2.35. The maximum Gasteiger partial charge on any atom is 0.277 e. The summed E-state index contributed by atoms with van der Waals surface area (Å²) >= 11 is 0. The van der Waals surface area contributed by atoms with E-state index in [-0.39, 0.29) is 5.56 Å². The van der Waals surface area contributed by atoms with E-state index in [4.69, 9.17) is 0 Å². The number of nitrogens with zero attached hydrogens (tertiary/aromatic N) is 3. The lowest BCUT2D eigenvalue weighted by Crippen LogP contribution is -2.10. The van der Waals surface area contributed by atoms with Crippen molar-refractivity contribution in [3.05, 3.63) is 52.8 Å². The van der Waals surface area contributed by atoms with E-state index < -0.39 is 0 Å². The molecule has 3 rings (SSSR count). The molecule has 0 saturated heterocycles. The quantitative estimate of drug-likeness (QED) is 0.682. The van der Waals surface area contributed by atoms with Gasteiger partial charge in [0.25, 0.3) is 5.56 Å². The standard InChI is InChI=1S/C12H10N4O/c1-8-3-2-4-9(5-8)16-7-15-11-10(16)12(17)14-6-13-11/h2-7H,1H3,(H,13,14,17). The minimum atomic E-state index is -0.186. The second-order valence-corrected chi connectivity index (χ2v) is 3.86. The fourth-order valence-corrected chi connectivity index (χ4v) is 1.84. The molecule has 17 heavy (non-hydrogen) atoms. The van der Waals surface area contributed by atoms with Crippen LogP contribution < -0.4 is 5.56 Å². The third kappa shape index (κ3) is 1.52. The molecule has 0 saturated carbocycles. The fraction of sp³-hybridized carbons (Fsp3) is 0.0833. The molecule has 1 N–H and O–H groups in total. The third-order valence-electron chi connectivity index (χ3n) is 2.63. The van der Waals surface area contributed by atoms with Crippen LogP contribution in [0, 0.1) is 6.92 Å². The molecular weight excluding hydrogens is 216 g/mol. The summed E-state index contributed by atoms with van der Waals surface area (Å²) in [7, 11) is 0. The highest BCUT2D eigenvalue weighted by molar-refractivity contribution is 5.71. The maximum absolute atomic E-state index is 11.8. The van der Waals surface area contributed by atoms with Gasteiger partial charge in [0.15, 0.2) is 11.2 Å². The van der Waals surface area contributed by atoms with Crippen LogP contribution in [-0.2, 0) is 0 Å². The predicted molar refractivity (Wildman–Crippen MR) is 64.2 cm³/mol. The Labute approximate surface area is 96.8 Å². The molecule has 0 unspecified atom stereocenters. The van der Waals surface area contributed by atoms with Crippen molar-refractivity contribution in [1.29, 1.82) is 0 Å². The van der Waals surface area contributed by atoms with E-state index >= 15 is 0 Å². The molecule has 0 atom stereocenters. The molecule has 5 nitrogen and oxygen atoms in total. The number of nitrogens with one attached hydrogen (secondary N) is 1. The maximum atomic E-state index is 11.8. The molecule has 0 aliphatic rings. The summed E-state index contributed by atoms with van der Waals surface area (Å²) in [6.45, 7) is 2.01. The van der Waals surface area contributed by atoms with Crippen LogP contribution in [0.4, 0.5) is 0 Å². The molecule has 0 radical (unpaired) electrons. The van der Waals surface area contributed by atoms with Crippen LogP contribution in [0.2, 0.25) is 0 Å². The summed E-state index contributed by atoms with van der Waals surface area (Å²) in [5, 5.41) is 0. The molecule has 5 heteroatoms. The number of aryl methyl sites for hydroxylation is 1. The lowest BCUT2D eigenvalue weighted by molar-refractivity contribution is 1.07. The van der Waals surface area contributed by atoms with Crippen LogP contribution in [0.15, 0.2) is 41.7 Å². The topological polar surface area (TPSA) is 63.6 Å². The van der Waals surface area contributed by atoms with Gasteiger partial charge < -0.3 is 4.98 Å². The lowest BCUT2D eigenvalue weighted by Gasteiger charge is -2.03. The van der Waals surface area contributed by atoms with Crippen molar-refractivity contribution >= 4 is 11.2 Å². The molecule has 3 aromatic rings. The first-order valence-electron chi connectivity index (χ1n) is 5.23. The molecular formula is C12H10N4O. The number of H-pyrrole nitrogens is 1. The van der Waals surface area contributed by atoms with Gasteiger partial charge in [-0.15, -0.1) is 0 Å². The van der Waals surface area contributed by atoms with Gasteiger partial charge in [-0.1, -0.05) is 12.1 Å². The number of aromatic amines is 1. The minimum absolute atomic E-state index is 0.186. The van der Waals surface area contributed by atoms with Crippen LogP contribution in [-0.4, -0.2) is 19.5 Å². The van der Waals surface area contributed by atoms with Crippen LogP contribution in [0.5, 0.6) is 0 Å². The van der Waals surface area contributed by atoms with Gasteiger partial charge in [0.2, 0.25) is 0 Å². The number of hydrogen-bond acceptors (Lipinski definition) is 3. The molecule has 2 aromatic heterocycles. The molecule has 0 aliphatic heterocycles. The smallest absolute Gasteiger partial charge is 0.277 e. The average molecular weight is 226 g/mol. The van der Waals surface area contributed by atoms with Gasteiger partial charge in [-0.05, 0) is 24.6 Å². The predicted octanol–water partition coefficient (Wildman–Crippen LogP) is 1.42. The Morgan fingerprint density at radius 3 is 3.00 bits per heavy atom. The van der Waals surface area contributed by atoms with Crippen molar-refractivity contribution in [2.75, 3.05) is 0 Å². The monoisotopic (exact) mass is 226 g/mol. The number of aromatic nitrogens is 4. The zero-order valence-corrected chi connectivity index (χ0v) is 9.21. The number of rotatable bonds is 1. The van der Waals surface area contributed by atoms with Crippen molar-refractivity contribution in [2.45, 2.75) is 6.92 Å². The third-order valence-corrected chi connectivity index (χ3v) is 2.63. The van der Waals surface area contributed by atoms with Crippen LogP contribution in [0.3, 0.4) is 0 Å². The van der Waals surface area contributed by atoms with Crippen LogP contribution in [0.25, 0.3) is 16.9 Å². The summed E-state index contributed by atoms with van der Waals surface area (Å²) < 4.78 is 1.74. The molecule has 0 spiro atoms. The number of imidazole rings is 1. The lowest BCUT2D eigenvalue weighted by atomic mass is 10.2. The largest absolute Gasteiger partial charge is 0.311 e.